The Morgan fingerprint density at radius 2 is 1.95 bits per heavy atom. The van der Waals surface area contributed by atoms with E-state index in [4.69, 9.17) is 0 Å². The molecular weight excluding hydrogens is 314 g/mol. The fourth-order valence-electron chi connectivity index (χ4n) is 2.94. The predicted molar refractivity (Wildman–Crippen MR) is 87.5 cm³/mol. The summed E-state index contributed by atoms with van der Waals surface area (Å²) in [5.41, 5.74) is 2.31. The number of carbonyl (C=O) groups is 1. The molecule has 0 N–H and O–H groups in total. The van der Waals surface area contributed by atoms with Gasteiger partial charge in [-0.1, -0.05) is 48.0 Å². The Kier molecular flexibility index (Phi) is 5.25. The van der Waals surface area contributed by atoms with E-state index >= 15 is 0 Å². The molecule has 1 amide bonds. The van der Waals surface area contributed by atoms with E-state index in [9.17, 15) is 4.79 Å². The van der Waals surface area contributed by atoms with E-state index in [1.54, 1.807) is 0 Å². The highest BCUT2D eigenvalue weighted by atomic mass is 79.9. The first kappa shape index (κ1) is 15.6. The van der Waals surface area contributed by atoms with Gasteiger partial charge in [-0.3, -0.25) is 4.79 Å². The van der Waals surface area contributed by atoms with E-state index in [0.29, 0.717) is 0 Å². The largest absolute Gasteiger partial charge is 0.338 e. The van der Waals surface area contributed by atoms with Crippen LogP contribution in [0.3, 0.4) is 0 Å². The molecule has 0 aromatic heterocycles. The lowest BCUT2D eigenvalue weighted by Gasteiger charge is -2.35. The van der Waals surface area contributed by atoms with Gasteiger partial charge in [-0.15, -0.1) is 0 Å². The molecule has 2 rings (SSSR count). The Bertz CT molecular complexity index is 460. The van der Waals surface area contributed by atoms with Crippen molar-refractivity contribution in [1.29, 1.82) is 0 Å². The Labute approximate surface area is 130 Å². The number of benzene rings is 1. The SMILES string of the molecule is CCC(CC)(CBr)CN1CCCc2ccccc2C1=O. The van der Waals surface area contributed by atoms with E-state index in [0.717, 1.165) is 49.7 Å². The summed E-state index contributed by atoms with van der Waals surface area (Å²) in [6.45, 7) is 6.18. The standard InChI is InChI=1S/C17H24BrNO/c1-3-17(4-2,12-18)13-19-11-7-9-14-8-5-6-10-15(14)16(19)20/h5-6,8,10H,3-4,7,9,11-13H2,1-2H3. The maximum absolute atomic E-state index is 12.8. The minimum atomic E-state index is 0.203. The summed E-state index contributed by atoms with van der Waals surface area (Å²) >= 11 is 3.65. The van der Waals surface area contributed by atoms with E-state index in [1.165, 1.54) is 5.56 Å². The molecular formula is C17H24BrNO. The number of alkyl halides is 1. The smallest absolute Gasteiger partial charge is 0.254 e. The van der Waals surface area contributed by atoms with E-state index in [1.807, 2.05) is 18.2 Å². The average Bonchev–Trinajstić information content (AvgIpc) is 2.65. The summed E-state index contributed by atoms with van der Waals surface area (Å²) in [5, 5.41) is 0.957. The van der Waals surface area contributed by atoms with Crippen molar-refractivity contribution in [2.75, 3.05) is 18.4 Å². The summed E-state index contributed by atoms with van der Waals surface area (Å²) in [5.74, 6) is 0.213. The normalized spacial score (nSPS) is 15.9. The Morgan fingerprint density at radius 3 is 2.60 bits per heavy atom. The second-order valence-corrected chi connectivity index (χ2v) is 6.39. The molecule has 0 bridgehead atoms. The molecule has 1 aromatic carbocycles. The molecule has 0 aliphatic carbocycles. The number of halogens is 1. The molecule has 1 aliphatic heterocycles. The van der Waals surface area contributed by atoms with Crippen LogP contribution in [0.1, 0.15) is 49.0 Å². The van der Waals surface area contributed by atoms with Gasteiger partial charge >= 0.3 is 0 Å². The maximum Gasteiger partial charge on any atom is 0.254 e. The third-order valence-corrected chi connectivity index (χ3v) is 5.91. The number of amides is 1. The van der Waals surface area contributed by atoms with Gasteiger partial charge in [-0.25, -0.2) is 0 Å². The molecule has 0 atom stereocenters. The number of carbonyl (C=O) groups excluding carboxylic acids is 1. The van der Waals surface area contributed by atoms with Crippen LogP contribution in [0.15, 0.2) is 24.3 Å². The molecule has 0 radical (unpaired) electrons. The predicted octanol–water partition coefficient (Wildman–Crippen LogP) is 4.28. The van der Waals surface area contributed by atoms with Gasteiger partial charge in [0.1, 0.15) is 0 Å². The first-order valence-corrected chi connectivity index (χ1v) is 8.71. The number of fused-ring (bicyclic) bond motifs is 1. The number of hydrogen-bond donors (Lipinski definition) is 0. The summed E-state index contributed by atoms with van der Waals surface area (Å²) in [7, 11) is 0. The summed E-state index contributed by atoms with van der Waals surface area (Å²) in [4.78, 5) is 14.8. The third kappa shape index (κ3) is 3.08. The highest BCUT2D eigenvalue weighted by Crippen LogP contribution is 2.31. The molecule has 110 valence electrons. The van der Waals surface area contributed by atoms with Crippen molar-refractivity contribution in [3.63, 3.8) is 0 Å². The van der Waals surface area contributed by atoms with Crippen LogP contribution >= 0.6 is 15.9 Å². The van der Waals surface area contributed by atoms with Gasteiger partial charge in [0.15, 0.2) is 0 Å². The van der Waals surface area contributed by atoms with Crippen LogP contribution < -0.4 is 0 Å². The first-order valence-electron chi connectivity index (χ1n) is 7.59. The van der Waals surface area contributed by atoms with Crippen LogP contribution in [0.4, 0.5) is 0 Å². The van der Waals surface area contributed by atoms with E-state index < -0.39 is 0 Å². The van der Waals surface area contributed by atoms with Gasteiger partial charge in [-0.05, 0) is 42.7 Å². The number of rotatable bonds is 5. The van der Waals surface area contributed by atoms with Gasteiger partial charge in [-0.2, -0.15) is 0 Å². The fraction of sp³-hybridized carbons (Fsp3) is 0.588. The highest BCUT2D eigenvalue weighted by molar-refractivity contribution is 9.09. The molecule has 1 heterocycles. The lowest BCUT2D eigenvalue weighted by Crippen LogP contribution is -2.42. The van der Waals surface area contributed by atoms with Gasteiger partial charge in [0, 0.05) is 24.0 Å². The first-order chi connectivity index (χ1) is 9.65. The van der Waals surface area contributed by atoms with Gasteiger partial charge in [0.25, 0.3) is 5.91 Å². The molecule has 0 fully saturated rings. The van der Waals surface area contributed by atoms with Crippen molar-refractivity contribution >= 4 is 21.8 Å². The third-order valence-electron chi connectivity index (χ3n) is 4.72. The van der Waals surface area contributed by atoms with Gasteiger partial charge < -0.3 is 4.90 Å². The van der Waals surface area contributed by atoms with Crippen molar-refractivity contribution < 1.29 is 4.79 Å². The second kappa shape index (κ2) is 6.75. The van der Waals surface area contributed by atoms with Crippen LogP contribution in [0, 0.1) is 5.41 Å². The summed E-state index contributed by atoms with van der Waals surface area (Å²) < 4.78 is 0. The van der Waals surface area contributed by atoms with Crippen molar-refractivity contribution in [2.24, 2.45) is 5.41 Å². The number of nitrogens with zero attached hydrogens (tertiary/aromatic N) is 1. The molecule has 0 unspecified atom stereocenters. The highest BCUT2D eigenvalue weighted by Gasteiger charge is 2.31. The molecule has 0 saturated carbocycles. The molecule has 1 aromatic rings. The van der Waals surface area contributed by atoms with Gasteiger partial charge in [0.2, 0.25) is 0 Å². The topological polar surface area (TPSA) is 20.3 Å². The van der Waals surface area contributed by atoms with Crippen molar-refractivity contribution in [2.45, 2.75) is 39.5 Å². The van der Waals surface area contributed by atoms with Crippen LogP contribution in [0.25, 0.3) is 0 Å². The Morgan fingerprint density at radius 1 is 1.25 bits per heavy atom. The second-order valence-electron chi connectivity index (χ2n) is 5.83. The lowest BCUT2D eigenvalue weighted by atomic mass is 9.84. The zero-order valence-electron chi connectivity index (χ0n) is 12.5. The van der Waals surface area contributed by atoms with Crippen LogP contribution in [0.5, 0.6) is 0 Å². The monoisotopic (exact) mass is 337 g/mol. The van der Waals surface area contributed by atoms with Gasteiger partial charge in [0.05, 0.1) is 0 Å². The van der Waals surface area contributed by atoms with Crippen LogP contribution in [-0.2, 0) is 6.42 Å². The minimum absolute atomic E-state index is 0.203. The zero-order valence-corrected chi connectivity index (χ0v) is 14.1. The fourth-order valence-corrected chi connectivity index (χ4v) is 3.91. The van der Waals surface area contributed by atoms with Crippen molar-refractivity contribution in [1.82, 2.24) is 4.90 Å². The molecule has 0 saturated heterocycles. The number of aryl methyl sites for hydroxylation is 1. The average molecular weight is 338 g/mol. The Hall–Kier alpha value is -0.830. The van der Waals surface area contributed by atoms with Crippen molar-refractivity contribution in [3.05, 3.63) is 35.4 Å². The quantitative estimate of drug-likeness (QED) is 0.734. The molecule has 1 aliphatic rings. The van der Waals surface area contributed by atoms with E-state index in [2.05, 4.69) is 40.7 Å². The molecule has 0 spiro atoms. The Balaban J connectivity index is 2.23. The molecule has 3 heteroatoms. The van der Waals surface area contributed by atoms with Crippen molar-refractivity contribution in [3.8, 4) is 0 Å². The molecule has 2 nitrogen and oxygen atoms in total. The van der Waals surface area contributed by atoms with Crippen LogP contribution in [-0.4, -0.2) is 29.2 Å². The maximum atomic E-state index is 12.8. The zero-order chi connectivity index (χ0) is 14.6. The van der Waals surface area contributed by atoms with Crippen LogP contribution in [0.2, 0.25) is 0 Å². The minimum Gasteiger partial charge on any atom is -0.338 e. The number of hydrogen-bond acceptors (Lipinski definition) is 1. The lowest BCUT2D eigenvalue weighted by molar-refractivity contribution is 0.0673. The summed E-state index contributed by atoms with van der Waals surface area (Å²) in [6.07, 6.45) is 4.27. The van der Waals surface area contributed by atoms with E-state index in [-0.39, 0.29) is 11.3 Å². The summed E-state index contributed by atoms with van der Waals surface area (Å²) in [6, 6.07) is 8.07. The molecule has 20 heavy (non-hydrogen) atoms.